The summed E-state index contributed by atoms with van der Waals surface area (Å²) in [5, 5.41) is 7.40. The van der Waals surface area contributed by atoms with E-state index in [4.69, 9.17) is 4.42 Å². The van der Waals surface area contributed by atoms with Gasteiger partial charge in [-0.1, -0.05) is 0 Å². The molecule has 2 aliphatic heterocycles. The van der Waals surface area contributed by atoms with E-state index in [1.54, 1.807) is 11.3 Å². The van der Waals surface area contributed by atoms with Gasteiger partial charge in [0.2, 0.25) is 0 Å². The Morgan fingerprint density at radius 3 is 3.00 bits per heavy atom. The molecule has 2 aromatic heterocycles. The molecule has 0 saturated carbocycles. The summed E-state index contributed by atoms with van der Waals surface area (Å²) in [7, 11) is 2.20. The lowest BCUT2D eigenvalue weighted by atomic mass is 10.0. The maximum Gasteiger partial charge on any atom is 0.256 e. The number of fused-ring (bicyclic) bond motifs is 3. The SMILES string of the molecule is Cc1ccc([C@@H]2NC(=O)c3c(sc4c3CC[NH+](C)C4)N2)o1. The third kappa shape index (κ3) is 2.06. The molecule has 0 saturated heterocycles. The first-order valence-electron chi connectivity index (χ1n) is 7.21. The summed E-state index contributed by atoms with van der Waals surface area (Å²) in [6, 6.07) is 3.82. The zero-order chi connectivity index (χ0) is 14.6. The van der Waals surface area contributed by atoms with Gasteiger partial charge in [-0.2, -0.15) is 0 Å². The second kappa shape index (κ2) is 4.61. The first kappa shape index (κ1) is 12.9. The van der Waals surface area contributed by atoms with Crippen molar-refractivity contribution in [1.82, 2.24) is 5.32 Å². The van der Waals surface area contributed by atoms with Crippen LogP contribution in [0.1, 0.15) is 38.5 Å². The monoisotopic (exact) mass is 304 g/mol. The van der Waals surface area contributed by atoms with Crippen molar-refractivity contribution in [1.29, 1.82) is 0 Å². The van der Waals surface area contributed by atoms with Crippen molar-refractivity contribution in [3.63, 3.8) is 0 Å². The Balaban J connectivity index is 1.71. The highest BCUT2D eigenvalue weighted by molar-refractivity contribution is 7.16. The van der Waals surface area contributed by atoms with E-state index in [1.807, 2.05) is 19.1 Å². The second-order valence-corrected chi connectivity index (χ2v) is 6.95. The molecule has 0 aromatic carbocycles. The van der Waals surface area contributed by atoms with Crippen molar-refractivity contribution in [2.24, 2.45) is 0 Å². The highest BCUT2D eigenvalue weighted by Gasteiger charge is 2.34. The van der Waals surface area contributed by atoms with Gasteiger partial charge in [0, 0.05) is 6.42 Å². The standard InChI is InChI=1S/C15H17N3O2S/c1-8-3-4-10(20-8)13-16-14(19)12-9-5-6-18(2)7-11(9)21-15(12)17-13/h3-4,13,17H,5-7H2,1-2H3,(H,16,19)/p+1/t13-/m1/s1. The first-order valence-corrected chi connectivity index (χ1v) is 8.03. The summed E-state index contributed by atoms with van der Waals surface area (Å²) in [5.74, 6) is 1.61. The molecule has 2 aliphatic rings. The van der Waals surface area contributed by atoms with Gasteiger partial charge in [-0.3, -0.25) is 4.79 Å². The van der Waals surface area contributed by atoms with Crippen LogP contribution in [-0.4, -0.2) is 19.5 Å². The van der Waals surface area contributed by atoms with Crippen LogP contribution in [0.15, 0.2) is 16.5 Å². The summed E-state index contributed by atoms with van der Waals surface area (Å²) in [4.78, 5) is 15.3. The van der Waals surface area contributed by atoms with E-state index >= 15 is 0 Å². The lowest BCUT2D eigenvalue weighted by Gasteiger charge is -2.25. The molecule has 3 N–H and O–H groups in total. The minimum atomic E-state index is -0.274. The predicted molar refractivity (Wildman–Crippen MR) is 80.8 cm³/mol. The Bertz CT molecular complexity index is 719. The molecule has 5 nitrogen and oxygen atoms in total. The summed E-state index contributed by atoms with van der Waals surface area (Å²) in [5.41, 5.74) is 2.08. The van der Waals surface area contributed by atoms with Crippen LogP contribution >= 0.6 is 11.3 Å². The van der Waals surface area contributed by atoms with E-state index in [2.05, 4.69) is 17.7 Å². The largest absolute Gasteiger partial charge is 0.462 e. The van der Waals surface area contributed by atoms with Crippen LogP contribution in [0, 0.1) is 6.92 Å². The van der Waals surface area contributed by atoms with Gasteiger partial charge in [0.1, 0.15) is 23.1 Å². The van der Waals surface area contributed by atoms with E-state index in [1.165, 1.54) is 15.3 Å². The number of amides is 1. The van der Waals surface area contributed by atoms with Gasteiger partial charge in [-0.25, -0.2) is 0 Å². The Morgan fingerprint density at radius 1 is 1.38 bits per heavy atom. The summed E-state index contributed by atoms with van der Waals surface area (Å²) >= 11 is 1.72. The zero-order valence-corrected chi connectivity index (χ0v) is 12.9. The zero-order valence-electron chi connectivity index (χ0n) is 12.1. The first-order chi connectivity index (χ1) is 10.1. The minimum Gasteiger partial charge on any atom is -0.462 e. The van der Waals surface area contributed by atoms with Crippen LogP contribution in [0.2, 0.25) is 0 Å². The summed E-state index contributed by atoms with van der Waals surface area (Å²) < 4.78 is 5.63. The second-order valence-electron chi connectivity index (χ2n) is 5.84. The molecule has 0 aliphatic carbocycles. The lowest BCUT2D eigenvalue weighted by Crippen LogP contribution is -3.08. The fourth-order valence-electron chi connectivity index (χ4n) is 3.08. The van der Waals surface area contributed by atoms with Crippen LogP contribution in [0.3, 0.4) is 0 Å². The minimum absolute atomic E-state index is 0.0138. The summed E-state index contributed by atoms with van der Waals surface area (Å²) in [6.07, 6.45) is 0.705. The Morgan fingerprint density at radius 2 is 2.24 bits per heavy atom. The lowest BCUT2D eigenvalue weighted by molar-refractivity contribution is -0.895. The third-order valence-electron chi connectivity index (χ3n) is 4.18. The number of quaternary nitrogens is 1. The number of anilines is 1. The smallest absolute Gasteiger partial charge is 0.256 e. The molecule has 2 aromatic rings. The maximum absolute atomic E-state index is 12.5. The number of likely N-dealkylation sites (N-methyl/N-ethyl adjacent to an activating group) is 1. The molecule has 0 fully saturated rings. The van der Waals surface area contributed by atoms with E-state index in [0.29, 0.717) is 0 Å². The van der Waals surface area contributed by atoms with Gasteiger partial charge in [0.15, 0.2) is 6.17 Å². The van der Waals surface area contributed by atoms with Gasteiger partial charge in [-0.15, -0.1) is 11.3 Å². The van der Waals surface area contributed by atoms with Gasteiger partial charge in [0.05, 0.1) is 24.0 Å². The molecule has 2 atom stereocenters. The van der Waals surface area contributed by atoms with Gasteiger partial charge >= 0.3 is 0 Å². The van der Waals surface area contributed by atoms with Crippen molar-refractivity contribution in [2.75, 3.05) is 18.9 Å². The van der Waals surface area contributed by atoms with Gasteiger partial charge in [0.25, 0.3) is 5.91 Å². The molecular weight excluding hydrogens is 286 g/mol. The number of carbonyl (C=O) groups excluding carboxylic acids is 1. The molecule has 4 heterocycles. The molecule has 21 heavy (non-hydrogen) atoms. The number of hydrogen-bond acceptors (Lipinski definition) is 4. The Hall–Kier alpha value is -1.79. The number of rotatable bonds is 1. The number of hydrogen-bond donors (Lipinski definition) is 3. The fourth-order valence-corrected chi connectivity index (χ4v) is 4.47. The van der Waals surface area contributed by atoms with Crippen LogP contribution < -0.4 is 15.5 Å². The Kier molecular flexibility index (Phi) is 2.83. The van der Waals surface area contributed by atoms with Crippen LogP contribution in [-0.2, 0) is 13.0 Å². The molecule has 0 spiro atoms. The van der Waals surface area contributed by atoms with E-state index < -0.39 is 0 Å². The van der Waals surface area contributed by atoms with Gasteiger partial charge < -0.3 is 20.0 Å². The van der Waals surface area contributed by atoms with E-state index in [9.17, 15) is 4.79 Å². The maximum atomic E-state index is 12.5. The predicted octanol–water partition coefficient (Wildman–Crippen LogP) is 1.07. The quantitative estimate of drug-likeness (QED) is 0.739. The molecular formula is C15H18N3O2S+. The number of aryl methyl sites for hydroxylation is 1. The average molecular weight is 304 g/mol. The molecule has 0 radical (unpaired) electrons. The normalized spacial score (nSPS) is 24.0. The topological polar surface area (TPSA) is 58.7 Å². The van der Waals surface area contributed by atoms with Crippen molar-refractivity contribution >= 4 is 22.2 Å². The van der Waals surface area contributed by atoms with Crippen LogP contribution in [0.5, 0.6) is 0 Å². The number of carbonyl (C=O) groups is 1. The Labute approximate surface area is 126 Å². The molecule has 1 unspecified atom stereocenters. The van der Waals surface area contributed by atoms with Crippen LogP contribution in [0.4, 0.5) is 5.00 Å². The van der Waals surface area contributed by atoms with Gasteiger partial charge in [-0.05, 0) is 24.6 Å². The molecule has 1 amide bonds. The molecule has 110 valence electrons. The van der Waals surface area contributed by atoms with Crippen molar-refractivity contribution in [2.45, 2.75) is 26.1 Å². The van der Waals surface area contributed by atoms with Crippen LogP contribution in [0.25, 0.3) is 0 Å². The summed E-state index contributed by atoms with van der Waals surface area (Å²) in [6.45, 7) is 4.00. The van der Waals surface area contributed by atoms with E-state index in [0.717, 1.165) is 41.6 Å². The number of nitrogens with one attached hydrogen (secondary N) is 3. The van der Waals surface area contributed by atoms with Crippen molar-refractivity contribution in [3.8, 4) is 0 Å². The van der Waals surface area contributed by atoms with Crippen molar-refractivity contribution in [3.05, 3.63) is 39.7 Å². The molecule has 6 heteroatoms. The number of furan rings is 1. The average Bonchev–Trinajstić information content (AvgIpc) is 3.01. The molecule has 4 rings (SSSR count). The van der Waals surface area contributed by atoms with Crippen molar-refractivity contribution < 1.29 is 14.1 Å². The fraction of sp³-hybridized carbons (Fsp3) is 0.400. The highest BCUT2D eigenvalue weighted by Crippen LogP contribution is 2.39. The highest BCUT2D eigenvalue weighted by atomic mass is 32.1. The van der Waals surface area contributed by atoms with E-state index in [-0.39, 0.29) is 12.1 Å². The third-order valence-corrected chi connectivity index (χ3v) is 5.34. The molecule has 0 bridgehead atoms. The number of thiophene rings is 1.